The van der Waals surface area contributed by atoms with Gasteiger partial charge in [0.05, 0.1) is 19.9 Å². The van der Waals surface area contributed by atoms with Crippen LogP contribution in [-0.4, -0.2) is 74.8 Å². The molecule has 2 N–H and O–H groups in total. The summed E-state index contributed by atoms with van der Waals surface area (Å²) in [5.74, 6) is 0.528. The van der Waals surface area contributed by atoms with Crippen molar-refractivity contribution in [2.75, 3.05) is 64.2 Å². The van der Waals surface area contributed by atoms with Crippen molar-refractivity contribution in [3.8, 4) is 11.5 Å². The van der Waals surface area contributed by atoms with Gasteiger partial charge in [0.15, 0.2) is 11.6 Å². The number of carbonyl (C=O) groups is 1. The maximum absolute atomic E-state index is 14.8. The number of hydrogen-bond acceptors (Lipinski definition) is 8. The van der Waals surface area contributed by atoms with Gasteiger partial charge in [-0.1, -0.05) is 6.92 Å². The smallest absolute Gasteiger partial charge is 0.251 e. The van der Waals surface area contributed by atoms with E-state index in [1.54, 1.807) is 25.6 Å². The predicted molar refractivity (Wildman–Crippen MR) is 146 cm³/mol. The molecule has 0 spiro atoms. The molecule has 0 aliphatic carbocycles. The Kier molecular flexibility index (Phi) is 8.96. The number of halogens is 1. The highest BCUT2D eigenvalue weighted by molar-refractivity contribution is 5.94. The van der Waals surface area contributed by atoms with E-state index >= 15 is 0 Å². The number of rotatable bonds is 10. The van der Waals surface area contributed by atoms with E-state index in [2.05, 4.69) is 43.4 Å². The summed E-state index contributed by atoms with van der Waals surface area (Å²) < 4.78 is 25.5. The highest BCUT2D eigenvalue weighted by Gasteiger charge is 2.19. The van der Waals surface area contributed by atoms with Crippen LogP contribution >= 0.6 is 0 Å². The number of nitrogens with zero attached hydrogens (tertiary/aromatic N) is 4. The normalized spacial score (nSPS) is 13.8. The fourth-order valence-electron chi connectivity index (χ4n) is 4.54. The van der Waals surface area contributed by atoms with Gasteiger partial charge in [0.25, 0.3) is 5.91 Å². The Labute approximate surface area is 223 Å². The number of aryl methyl sites for hydroxylation is 2. The van der Waals surface area contributed by atoms with Crippen LogP contribution < -0.4 is 25.0 Å². The second-order valence-corrected chi connectivity index (χ2v) is 9.08. The van der Waals surface area contributed by atoms with E-state index < -0.39 is 5.82 Å². The third-order valence-electron chi connectivity index (χ3n) is 6.81. The van der Waals surface area contributed by atoms with Gasteiger partial charge in [0.2, 0.25) is 5.95 Å². The SMILES string of the molecule is CCN1CCN(c2ccc(Nc3ncc(CCc4cc(C(=O)NC)cc(OC)c4F)cn3)cc2OC)CC1. The molecule has 10 heteroatoms. The number of amides is 1. The molecule has 0 unspecified atom stereocenters. The topological polar surface area (TPSA) is 91.9 Å². The molecule has 1 aliphatic rings. The first-order chi connectivity index (χ1) is 18.4. The Bertz CT molecular complexity index is 1250. The number of methoxy groups -OCH3 is 2. The summed E-state index contributed by atoms with van der Waals surface area (Å²) in [6.07, 6.45) is 4.30. The van der Waals surface area contributed by atoms with E-state index in [4.69, 9.17) is 9.47 Å². The van der Waals surface area contributed by atoms with Gasteiger partial charge < -0.3 is 29.9 Å². The Balaban J connectivity index is 1.40. The third kappa shape index (κ3) is 6.31. The lowest BCUT2D eigenvalue weighted by atomic mass is 10.0. The minimum absolute atomic E-state index is 0.0431. The van der Waals surface area contributed by atoms with Crippen molar-refractivity contribution in [2.24, 2.45) is 0 Å². The molecule has 1 aromatic heterocycles. The molecule has 1 amide bonds. The molecule has 1 aliphatic heterocycles. The van der Waals surface area contributed by atoms with Crippen LogP contribution in [0.1, 0.15) is 28.4 Å². The van der Waals surface area contributed by atoms with E-state index in [0.29, 0.717) is 29.9 Å². The lowest BCUT2D eigenvalue weighted by Gasteiger charge is -2.36. The maximum atomic E-state index is 14.8. The van der Waals surface area contributed by atoms with Gasteiger partial charge in [-0.2, -0.15) is 0 Å². The van der Waals surface area contributed by atoms with Crippen LogP contribution in [0, 0.1) is 5.82 Å². The van der Waals surface area contributed by atoms with E-state index in [1.807, 2.05) is 12.1 Å². The van der Waals surface area contributed by atoms with Gasteiger partial charge in [-0.3, -0.25) is 4.79 Å². The molecule has 3 aromatic rings. The number of carbonyl (C=O) groups excluding carboxylic acids is 1. The van der Waals surface area contributed by atoms with Gasteiger partial charge in [0.1, 0.15) is 5.75 Å². The Morgan fingerprint density at radius 2 is 1.71 bits per heavy atom. The predicted octanol–water partition coefficient (Wildman–Crippen LogP) is 3.66. The molecule has 4 rings (SSSR count). The number of anilines is 3. The summed E-state index contributed by atoms with van der Waals surface area (Å²) in [5.41, 5.74) is 3.49. The van der Waals surface area contributed by atoms with Crippen LogP contribution in [0.3, 0.4) is 0 Å². The average molecular weight is 523 g/mol. The second-order valence-electron chi connectivity index (χ2n) is 9.08. The van der Waals surface area contributed by atoms with Crippen LogP contribution in [0.4, 0.5) is 21.7 Å². The molecule has 0 atom stereocenters. The first kappa shape index (κ1) is 27.1. The molecule has 202 valence electrons. The number of nitrogens with one attached hydrogen (secondary N) is 2. The maximum Gasteiger partial charge on any atom is 0.251 e. The molecule has 2 aromatic carbocycles. The highest BCUT2D eigenvalue weighted by atomic mass is 19.1. The van der Waals surface area contributed by atoms with Crippen LogP contribution in [0.25, 0.3) is 0 Å². The Morgan fingerprint density at radius 3 is 2.34 bits per heavy atom. The van der Waals surface area contributed by atoms with Crippen LogP contribution in [0.15, 0.2) is 42.7 Å². The molecule has 1 saturated heterocycles. The molecule has 2 heterocycles. The quantitative estimate of drug-likeness (QED) is 0.417. The average Bonchev–Trinajstić information content (AvgIpc) is 2.97. The molecule has 0 radical (unpaired) electrons. The summed E-state index contributed by atoms with van der Waals surface area (Å²) in [7, 11) is 4.59. The van der Waals surface area contributed by atoms with E-state index in [-0.39, 0.29) is 11.7 Å². The Hall–Kier alpha value is -3.92. The van der Waals surface area contributed by atoms with Crippen molar-refractivity contribution in [2.45, 2.75) is 19.8 Å². The summed E-state index contributed by atoms with van der Waals surface area (Å²) >= 11 is 0. The Morgan fingerprint density at radius 1 is 1.00 bits per heavy atom. The number of piperazine rings is 1. The molecule has 38 heavy (non-hydrogen) atoms. The van der Waals surface area contributed by atoms with Crippen molar-refractivity contribution in [1.82, 2.24) is 20.2 Å². The molecule has 1 fully saturated rings. The standard InChI is InChI=1S/C28H35FN6O3/c1-5-34-10-12-35(13-11-34)23-9-8-22(16-24(23)37-3)33-28-31-17-19(18-32-28)6-7-20-14-21(27(36)30-2)15-25(38-4)26(20)29/h8-9,14-18H,5-7,10-13H2,1-4H3,(H,30,36)(H,31,32,33). The zero-order chi connectivity index (χ0) is 27.1. The lowest BCUT2D eigenvalue weighted by molar-refractivity contribution is 0.0962. The first-order valence-electron chi connectivity index (χ1n) is 12.8. The van der Waals surface area contributed by atoms with Gasteiger partial charge in [0, 0.05) is 62.9 Å². The van der Waals surface area contributed by atoms with Crippen LogP contribution in [0.5, 0.6) is 11.5 Å². The van der Waals surface area contributed by atoms with Crippen LogP contribution in [-0.2, 0) is 12.8 Å². The van der Waals surface area contributed by atoms with Crippen molar-refractivity contribution in [3.05, 3.63) is 65.2 Å². The van der Waals surface area contributed by atoms with Gasteiger partial charge >= 0.3 is 0 Å². The van der Waals surface area contributed by atoms with E-state index in [9.17, 15) is 9.18 Å². The number of benzene rings is 2. The molecular formula is C28H35FN6O3. The zero-order valence-corrected chi connectivity index (χ0v) is 22.4. The monoisotopic (exact) mass is 522 g/mol. The van der Waals surface area contributed by atoms with Crippen molar-refractivity contribution >= 4 is 23.2 Å². The molecular weight excluding hydrogens is 487 g/mol. The van der Waals surface area contributed by atoms with E-state index in [0.717, 1.165) is 55.4 Å². The summed E-state index contributed by atoms with van der Waals surface area (Å²) in [4.78, 5) is 25.7. The lowest BCUT2D eigenvalue weighted by Crippen LogP contribution is -2.46. The minimum atomic E-state index is -0.469. The van der Waals surface area contributed by atoms with E-state index in [1.165, 1.54) is 20.2 Å². The number of likely N-dealkylation sites (N-methyl/N-ethyl adjacent to an activating group) is 1. The number of aromatic nitrogens is 2. The van der Waals surface area contributed by atoms with Gasteiger partial charge in [-0.05, 0) is 54.8 Å². The van der Waals surface area contributed by atoms with Gasteiger partial charge in [-0.15, -0.1) is 0 Å². The van der Waals surface area contributed by atoms with Crippen LogP contribution in [0.2, 0.25) is 0 Å². The molecule has 0 saturated carbocycles. The van der Waals surface area contributed by atoms with Gasteiger partial charge in [-0.25, -0.2) is 14.4 Å². The number of hydrogen-bond donors (Lipinski definition) is 2. The fraction of sp³-hybridized carbons (Fsp3) is 0.393. The molecule has 0 bridgehead atoms. The summed E-state index contributed by atoms with van der Waals surface area (Å²) in [6, 6.07) is 8.96. The number of ether oxygens (including phenoxy) is 2. The second kappa shape index (κ2) is 12.6. The molecule has 9 nitrogen and oxygen atoms in total. The minimum Gasteiger partial charge on any atom is -0.495 e. The van der Waals surface area contributed by atoms with Crippen molar-refractivity contribution < 1.29 is 18.7 Å². The third-order valence-corrected chi connectivity index (χ3v) is 6.81. The van der Waals surface area contributed by atoms with Crippen molar-refractivity contribution in [1.29, 1.82) is 0 Å². The zero-order valence-electron chi connectivity index (χ0n) is 22.4. The largest absolute Gasteiger partial charge is 0.495 e. The van der Waals surface area contributed by atoms with Crippen molar-refractivity contribution in [3.63, 3.8) is 0 Å². The first-order valence-corrected chi connectivity index (χ1v) is 12.8. The fourth-order valence-corrected chi connectivity index (χ4v) is 4.54. The highest BCUT2D eigenvalue weighted by Crippen LogP contribution is 2.32. The summed E-state index contributed by atoms with van der Waals surface area (Å²) in [5, 5.41) is 5.78. The summed E-state index contributed by atoms with van der Waals surface area (Å²) in [6.45, 7) is 7.28.